The zero-order chi connectivity index (χ0) is 11.9. The van der Waals surface area contributed by atoms with Crippen molar-refractivity contribution in [2.24, 2.45) is 0 Å². The number of thioether (sulfide) groups is 1. The van der Waals surface area contributed by atoms with E-state index in [1.165, 1.54) is 0 Å². The van der Waals surface area contributed by atoms with Crippen molar-refractivity contribution < 1.29 is 15.0 Å². The highest BCUT2D eigenvalue weighted by atomic mass is 32.2. The van der Waals surface area contributed by atoms with Gasteiger partial charge in [0.15, 0.2) is 0 Å². The lowest BCUT2D eigenvalue weighted by Gasteiger charge is -2.22. The minimum absolute atomic E-state index is 0.457. The number of carboxylic acids is 1. The Hall–Kier alpha value is -0.520. The summed E-state index contributed by atoms with van der Waals surface area (Å²) >= 11 is 1.58. The highest BCUT2D eigenvalue weighted by Gasteiger charge is 2.18. The zero-order valence-corrected chi connectivity index (χ0v) is 10.2. The van der Waals surface area contributed by atoms with Gasteiger partial charge in [0.25, 0.3) is 0 Å². The van der Waals surface area contributed by atoms with Crippen molar-refractivity contribution in [3.8, 4) is 0 Å². The van der Waals surface area contributed by atoms with Crippen molar-refractivity contribution in [2.75, 3.05) is 25.1 Å². The van der Waals surface area contributed by atoms with Crippen LogP contribution in [0.25, 0.3) is 0 Å². The van der Waals surface area contributed by atoms with Gasteiger partial charge in [0, 0.05) is 24.9 Å². The Kier molecular flexibility index (Phi) is 6.63. The number of carboxylic acid groups (broad SMARTS) is 1. The Morgan fingerprint density at radius 1 is 1.60 bits per heavy atom. The Morgan fingerprint density at radius 2 is 2.20 bits per heavy atom. The lowest BCUT2D eigenvalue weighted by atomic mass is 10.1. The molecule has 1 atom stereocenters. The summed E-state index contributed by atoms with van der Waals surface area (Å²) in [5.41, 5.74) is -0.00872. The van der Waals surface area contributed by atoms with Crippen LogP contribution in [0.1, 0.15) is 13.8 Å². The molecule has 0 aliphatic carbocycles. The summed E-state index contributed by atoms with van der Waals surface area (Å²) in [6, 6.07) is 0. The van der Waals surface area contributed by atoms with Gasteiger partial charge < -0.3 is 15.5 Å². The highest BCUT2D eigenvalue weighted by Crippen LogP contribution is 2.08. The van der Waals surface area contributed by atoms with Gasteiger partial charge in [0.2, 0.25) is 0 Å². The van der Waals surface area contributed by atoms with Crippen molar-refractivity contribution >= 4 is 17.7 Å². The third kappa shape index (κ3) is 8.47. The van der Waals surface area contributed by atoms with Crippen molar-refractivity contribution in [1.29, 1.82) is 0 Å². The van der Waals surface area contributed by atoms with Gasteiger partial charge in [0.05, 0.1) is 5.60 Å². The summed E-state index contributed by atoms with van der Waals surface area (Å²) in [5, 5.41) is 21.3. The van der Waals surface area contributed by atoms with Gasteiger partial charge >= 0.3 is 5.97 Å². The molecule has 1 unspecified atom stereocenters. The molecule has 0 aliphatic rings. The Morgan fingerprint density at radius 3 is 2.67 bits per heavy atom. The summed E-state index contributed by atoms with van der Waals surface area (Å²) < 4.78 is 0. The van der Waals surface area contributed by atoms with Crippen molar-refractivity contribution in [2.45, 2.75) is 19.4 Å². The molecular weight excluding hydrogens is 214 g/mol. The number of hydrogen-bond donors (Lipinski definition) is 3. The summed E-state index contributed by atoms with van der Waals surface area (Å²) in [6.45, 7) is 4.44. The average molecular weight is 233 g/mol. The average Bonchev–Trinajstić information content (AvgIpc) is 2.01. The Balaban J connectivity index is 3.83. The van der Waals surface area contributed by atoms with E-state index in [1.54, 1.807) is 25.6 Å². The van der Waals surface area contributed by atoms with Gasteiger partial charge in [-0.25, -0.2) is 4.79 Å². The first-order valence-corrected chi connectivity index (χ1v) is 6.09. The summed E-state index contributed by atoms with van der Waals surface area (Å²) in [6.07, 6.45) is 3.10. The van der Waals surface area contributed by atoms with Gasteiger partial charge in [0.1, 0.15) is 0 Å². The van der Waals surface area contributed by atoms with Crippen LogP contribution in [0.2, 0.25) is 0 Å². The van der Waals surface area contributed by atoms with E-state index >= 15 is 0 Å². The van der Waals surface area contributed by atoms with E-state index in [2.05, 4.69) is 5.32 Å². The predicted molar refractivity (Wildman–Crippen MR) is 63.3 cm³/mol. The molecule has 5 heteroatoms. The fourth-order valence-electron chi connectivity index (χ4n) is 1.15. The van der Waals surface area contributed by atoms with E-state index in [0.717, 1.165) is 11.6 Å². The molecule has 0 saturated carbocycles. The summed E-state index contributed by atoms with van der Waals surface area (Å²) in [5.74, 6) is -0.285. The van der Waals surface area contributed by atoms with Gasteiger partial charge in [-0.3, -0.25) is 0 Å². The molecule has 0 bridgehead atoms. The van der Waals surface area contributed by atoms with Crippen LogP contribution in [0.15, 0.2) is 11.6 Å². The second-order valence-electron chi connectivity index (χ2n) is 3.86. The lowest BCUT2D eigenvalue weighted by molar-refractivity contribution is -0.131. The van der Waals surface area contributed by atoms with E-state index in [9.17, 15) is 9.90 Å². The monoisotopic (exact) mass is 233 g/mol. The van der Waals surface area contributed by atoms with Gasteiger partial charge in [-0.2, -0.15) is 11.8 Å². The Labute approximate surface area is 94.8 Å². The van der Waals surface area contributed by atoms with Crippen LogP contribution in [-0.2, 0) is 4.79 Å². The molecule has 3 N–H and O–H groups in total. The van der Waals surface area contributed by atoms with E-state index in [4.69, 9.17) is 5.11 Å². The van der Waals surface area contributed by atoms with Crippen LogP contribution in [0.4, 0.5) is 0 Å². The quantitative estimate of drug-likeness (QED) is 0.565. The predicted octanol–water partition coefficient (Wildman–Crippen LogP) is 0.721. The maximum Gasteiger partial charge on any atom is 0.328 e. The SMILES string of the molecule is CSCC(C)(O)CNCC(C)=CC(=O)O. The minimum Gasteiger partial charge on any atom is -0.478 e. The number of aliphatic hydroxyl groups is 1. The molecule has 0 aliphatic heterocycles. The van der Waals surface area contributed by atoms with Crippen molar-refractivity contribution in [3.05, 3.63) is 11.6 Å². The molecule has 0 spiro atoms. The molecule has 0 fully saturated rings. The topological polar surface area (TPSA) is 69.6 Å². The molecule has 0 heterocycles. The number of carbonyl (C=O) groups is 1. The molecule has 15 heavy (non-hydrogen) atoms. The van der Waals surface area contributed by atoms with Crippen LogP contribution in [0.5, 0.6) is 0 Å². The third-order valence-electron chi connectivity index (χ3n) is 1.73. The van der Waals surface area contributed by atoms with E-state index < -0.39 is 11.6 Å². The van der Waals surface area contributed by atoms with Gasteiger partial charge in [-0.1, -0.05) is 5.57 Å². The fraction of sp³-hybridized carbons (Fsp3) is 0.700. The second-order valence-corrected chi connectivity index (χ2v) is 4.73. The van der Waals surface area contributed by atoms with Crippen LogP contribution < -0.4 is 5.32 Å². The summed E-state index contributed by atoms with van der Waals surface area (Å²) in [7, 11) is 0. The highest BCUT2D eigenvalue weighted by molar-refractivity contribution is 7.98. The first-order valence-electron chi connectivity index (χ1n) is 4.69. The molecule has 0 amide bonds. The summed E-state index contributed by atoms with van der Waals surface area (Å²) in [4.78, 5) is 10.3. The Bertz CT molecular complexity index is 239. The van der Waals surface area contributed by atoms with Crippen molar-refractivity contribution in [3.63, 3.8) is 0 Å². The molecular formula is C10H19NO3S. The smallest absolute Gasteiger partial charge is 0.328 e. The van der Waals surface area contributed by atoms with Crippen LogP contribution in [-0.4, -0.2) is 46.9 Å². The minimum atomic E-state index is -0.940. The van der Waals surface area contributed by atoms with Crippen LogP contribution in [0.3, 0.4) is 0 Å². The van der Waals surface area contributed by atoms with Crippen molar-refractivity contribution in [1.82, 2.24) is 5.32 Å². The molecule has 0 radical (unpaired) electrons. The first kappa shape index (κ1) is 14.5. The van der Waals surface area contributed by atoms with Crippen LogP contribution >= 0.6 is 11.8 Å². The normalized spacial score (nSPS) is 16.1. The lowest BCUT2D eigenvalue weighted by Crippen LogP contribution is -2.40. The molecule has 0 rings (SSSR count). The molecule has 0 saturated heterocycles. The largest absolute Gasteiger partial charge is 0.478 e. The second kappa shape index (κ2) is 6.87. The molecule has 0 aromatic rings. The molecule has 0 aromatic carbocycles. The zero-order valence-electron chi connectivity index (χ0n) is 9.41. The molecule has 88 valence electrons. The molecule has 0 aromatic heterocycles. The number of rotatable bonds is 7. The van der Waals surface area contributed by atoms with E-state index in [-0.39, 0.29) is 0 Å². The van der Waals surface area contributed by atoms with Gasteiger partial charge in [-0.05, 0) is 20.1 Å². The first-order chi connectivity index (χ1) is 6.87. The van der Waals surface area contributed by atoms with Crippen LogP contribution in [0, 0.1) is 0 Å². The van der Waals surface area contributed by atoms with E-state index in [1.807, 2.05) is 6.26 Å². The third-order valence-corrected chi connectivity index (χ3v) is 2.65. The standard InChI is InChI=1S/C10H19NO3S/c1-8(4-9(12)13)5-11-6-10(2,14)7-15-3/h4,11,14H,5-7H2,1-3H3,(H,12,13). The number of hydrogen-bond acceptors (Lipinski definition) is 4. The molecule has 4 nitrogen and oxygen atoms in total. The fourth-order valence-corrected chi connectivity index (χ4v) is 1.88. The maximum atomic E-state index is 10.3. The number of nitrogens with one attached hydrogen (secondary N) is 1. The van der Waals surface area contributed by atoms with E-state index in [0.29, 0.717) is 18.8 Å². The van der Waals surface area contributed by atoms with Gasteiger partial charge in [-0.15, -0.1) is 0 Å². The number of aliphatic carboxylic acids is 1. The maximum absolute atomic E-state index is 10.3.